The first-order chi connectivity index (χ1) is 9.67. The lowest BCUT2D eigenvalue weighted by Gasteiger charge is -2.08. The van der Waals surface area contributed by atoms with Crippen molar-refractivity contribution in [1.82, 2.24) is 4.98 Å². The molecule has 0 saturated heterocycles. The van der Waals surface area contributed by atoms with Gasteiger partial charge in [-0.25, -0.2) is 0 Å². The molecule has 100 valence electrons. The van der Waals surface area contributed by atoms with Gasteiger partial charge >= 0.3 is 0 Å². The predicted molar refractivity (Wildman–Crippen MR) is 80.1 cm³/mol. The number of methoxy groups -OCH3 is 1. The zero-order valence-electron chi connectivity index (χ0n) is 11.4. The molecule has 20 heavy (non-hydrogen) atoms. The molecule has 0 aliphatic rings. The van der Waals surface area contributed by atoms with Crippen molar-refractivity contribution in [2.45, 2.75) is 6.92 Å². The van der Waals surface area contributed by atoms with Gasteiger partial charge in [-0.2, -0.15) is 0 Å². The molecule has 0 fully saturated rings. The minimum absolute atomic E-state index is 0.241. The Balaban J connectivity index is 2.17. The van der Waals surface area contributed by atoms with Crippen LogP contribution in [0.2, 0.25) is 0 Å². The summed E-state index contributed by atoms with van der Waals surface area (Å²) >= 11 is 0. The normalized spacial score (nSPS) is 10.7. The summed E-state index contributed by atoms with van der Waals surface area (Å²) in [6.07, 6.45) is 0. The number of benzene rings is 2. The van der Waals surface area contributed by atoms with Crippen molar-refractivity contribution in [2.24, 2.45) is 0 Å². The third-order valence-electron chi connectivity index (χ3n) is 3.34. The molecule has 3 nitrogen and oxygen atoms in total. The van der Waals surface area contributed by atoms with Gasteiger partial charge in [-0.1, -0.05) is 12.1 Å². The fraction of sp³-hybridized carbons (Fsp3) is 0.118. The fourth-order valence-electron chi connectivity index (χ4n) is 2.27. The third kappa shape index (κ3) is 2.18. The van der Waals surface area contributed by atoms with Gasteiger partial charge in [-0.15, -0.1) is 0 Å². The van der Waals surface area contributed by atoms with E-state index in [-0.39, 0.29) is 5.75 Å². The second-order valence-electron chi connectivity index (χ2n) is 4.74. The lowest BCUT2D eigenvalue weighted by atomic mass is 10.0. The van der Waals surface area contributed by atoms with E-state index in [4.69, 9.17) is 4.74 Å². The smallest absolute Gasteiger partial charge is 0.123 e. The van der Waals surface area contributed by atoms with Gasteiger partial charge < -0.3 is 9.84 Å². The number of fused-ring (bicyclic) bond motifs is 1. The Bertz CT molecular complexity index is 781. The number of aromatic nitrogens is 1. The highest BCUT2D eigenvalue weighted by Gasteiger charge is 2.07. The van der Waals surface area contributed by atoms with Gasteiger partial charge in [0.25, 0.3) is 0 Å². The van der Waals surface area contributed by atoms with Crippen LogP contribution in [0.1, 0.15) is 5.69 Å². The minimum atomic E-state index is 0.241. The first-order valence-corrected chi connectivity index (χ1v) is 6.42. The van der Waals surface area contributed by atoms with E-state index < -0.39 is 0 Å². The Morgan fingerprint density at radius 1 is 1.00 bits per heavy atom. The highest BCUT2D eigenvalue weighted by atomic mass is 16.5. The van der Waals surface area contributed by atoms with Gasteiger partial charge in [0.15, 0.2) is 0 Å². The summed E-state index contributed by atoms with van der Waals surface area (Å²) in [5.41, 5.74) is 3.65. The number of phenolic OH excluding ortho intramolecular Hbond substituents is 1. The Labute approximate surface area is 117 Å². The standard InChI is InChI=1S/C17H15NO2/c1-11-3-4-13-9-12(5-7-16(13)18-11)15-10-14(20-2)6-8-17(15)19/h3-10,19H,1-2H3. The number of ether oxygens (including phenoxy) is 1. The molecule has 3 aromatic rings. The Hall–Kier alpha value is -2.55. The van der Waals surface area contributed by atoms with E-state index in [1.54, 1.807) is 19.2 Å². The van der Waals surface area contributed by atoms with E-state index >= 15 is 0 Å². The van der Waals surface area contributed by atoms with Gasteiger partial charge in [0.2, 0.25) is 0 Å². The van der Waals surface area contributed by atoms with Crippen LogP contribution in [0.5, 0.6) is 11.5 Å². The SMILES string of the molecule is COc1ccc(O)c(-c2ccc3nc(C)ccc3c2)c1. The quantitative estimate of drug-likeness (QED) is 0.763. The van der Waals surface area contributed by atoms with Crippen LogP contribution >= 0.6 is 0 Å². The van der Waals surface area contributed by atoms with Crippen LogP contribution in [0.25, 0.3) is 22.0 Å². The monoisotopic (exact) mass is 265 g/mol. The molecule has 0 atom stereocenters. The number of hydrogen-bond donors (Lipinski definition) is 1. The molecule has 3 rings (SSSR count). The van der Waals surface area contributed by atoms with E-state index in [2.05, 4.69) is 4.98 Å². The number of hydrogen-bond acceptors (Lipinski definition) is 3. The molecule has 1 heterocycles. The van der Waals surface area contributed by atoms with Crippen LogP contribution in [-0.2, 0) is 0 Å². The van der Waals surface area contributed by atoms with Crippen LogP contribution in [0.4, 0.5) is 0 Å². The maximum atomic E-state index is 10.0. The molecule has 0 radical (unpaired) electrons. The summed E-state index contributed by atoms with van der Waals surface area (Å²) in [6.45, 7) is 1.97. The average Bonchev–Trinajstić information content (AvgIpc) is 2.47. The maximum Gasteiger partial charge on any atom is 0.123 e. The van der Waals surface area contributed by atoms with Gasteiger partial charge in [0, 0.05) is 16.6 Å². The summed E-state index contributed by atoms with van der Waals surface area (Å²) in [5.74, 6) is 0.963. The molecular formula is C17H15NO2. The summed E-state index contributed by atoms with van der Waals surface area (Å²) in [7, 11) is 1.61. The molecule has 3 heteroatoms. The predicted octanol–water partition coefficient (Wildman–Crippen LogP) is 3.92. The number of rotatable bonds is 2. The van der Waals surface area contributed by atoms with Crippen molar-refractivity contribution in [2.75, 3.05) is 7.11 Å². The summed E-state index contributed by atoms with van der Waals surface area (Å²) in [4.78, 5) is 4.48. The number of nitrogens with zero attached hydrogens (tertiary/aromatic N) is 1. The van der Waals surface area contributed by atoms with E-state index in [1.165, 1.54) is 0 Å². The van der Waals surface area contributed by atoms with Gasteiger partial charge in [-0.05, 0) is 48.9 Å². The molecule has 0 aliphatic carbocycles. The minimum Gasteiger partial charge on any atom is -0.507 e. The van der Waals surface area contributed by atoms with Crippen LogP contribution < -0.4 is 4.74 Å². The molecule has 1 N–H and O–H groups in total. The Morgan fingerprint density at radius 2 is 1.85 bits per heavy atom. The van der Waals surface area contributed by atoms with E-state index in [0.29, 0.717) is 0 Å². The lowest BCUT2D eigenvalue weighted by Crippen LogP contribution is -1.87. The average molecular weight is 265 g/mol. The first-order valence-electron chi connectivity index (χ1n) is 6.42. The van der Waals surface area contributed by atoms with Crippen LogP contribution in [-0.4, -0.2) is 17.2 Å². The molecule has 2 aromatic carbocycles. The summed E-state index contributed by atoms with van der Waals surface area (Å²) < 4.78 is 5.21. The van der Waals surface area contributed by atoms with E-state index in [1.807, 2.05) is 43.3 Å². The lowest BCUT2D eigenvalue weighted by molar-refractivity contribution is 0.412. The highest BCUT2D eigenvalue weighted by molar-refractivity contribution is 5.86. The van der Waals surface area contributed by atoms with Gasteiger partial charge in [-0.3, -0.25) is 4.98 Å². The van der Waals surface area contributed by atoms with E-state index in [9.17, 15) is 5.11 Å². The van der Waals surface area contributed by atoms with Crippen LogP contribution in [0, 0.1) is 6.92 Å². The Morgan fingerprint density at radius 3 is 2.65 bits per heavy atom. The molecular weight excluding hydrogens is 250 g/mol. The summed E-state index contributed by atoms with van der Waals surface area (Å²) in [5, 5.41) is 11.1. The van der Waals surface area contributed by atoms with Crippen molar-refractivity contribution in [3.8, 4) is 22.6 Å². The van der Waals surface area contributed by atoms with Crippen LogP contribution in [0.15, 0.2) is 48.5 Å². The third-order valence-corrected chi connectivity index (χ3v) is 3.34. The summed E-state index contributed by atoms with van der Waals surface area (Å²) in [6, 6.07) is 15.2. The molecule has 0 amide bonds. The first kappa shape index (κ1) is 12.5. The van der Waals surface area contributed by atoms with Crippen molar-refractivity contribution in [1.29, 1.82) is 0 Å². The van der Waals surface area contributed by atoms with Gasteiger partial charge in [0.1, 0.15) is 11.5 Å². The number of aromatic hydroxyl groups is 1. The van der Waals surface area contributed by atoms with Crippen molar-refractivity contribution in [3.63, 3.8) is 0 Å². The molecule has 0 aliphatic heterocycles. The van der Waals surface area contributed by atoms with E-state index in [0.717, 1.165) is 33.5 Å². The maximum absolute atomic E-state index is 10.0. The zero-order chi connectivity index (χ0) is 14.1. The highest BCUT2D eigenvalue weighted by Crippen LogP contribution is 2.33. The van der Waals surface area contributed by atoms with Crippen molar-refractivity contribution in [3.05, 3.63) is 54.2 Å². The number of aryl methyl sites for hydroxylation is 1. The molecule has 0 spiro atoms. The van der Waals surface area contributed by atoms with Crippen LogP contribution in [0.3, 0.4) is 0 Å². The fourth-order valence-corrected chi connectivity index (χ4v) is 2.27. The second kappa shape index (κ2) is 4.85. The zero-order valence-corrected chi connectivity index (χ0v) is 11.4. The van der Waals surface area contributed by atoms with Crippen molar-refractivity contribution >= 4 is 10.9 Å². The number of phenols is 1. The van der Waals surface area contributed by atoms with Crippen molar-refractivity contribution < 1.29 is 9.84 Å². The molecule has 1 aromatic heterocycles. The Kier molecular flexibility index (Phi) is 3.03. The van der Waals surface area contributed by atoms with Gasteiger partial charge in [0.05, 0.1) is 12.6 Å². The number of pyridine rings is 1. The molecule has 0 bridgehead atoms. The molecule has 0 unspecified atom stereocenters. The topological polar surface area (TPSA) is 42.4 Å². The second-order valence-corrected chi connectivity index (χ2v) is 4.74. The largest absolute Gasteiger partial charge is 0.507 e. The molecule has 0 saturated carbocycles.